The van der Waals surface area contributed by atoms with Crippen molar-refractivity contribution in [3.63, 3.8) is 0 Å². The van der Waals surface area contributed by atoms with Gasteiger partial charge in [-0.3, -0.25) is 19.1 Å². The van der Waals surface area contributed by atoms with Crippen molar-refractivity contribution in [1.82, 2.24) is 24.4 Å². The number of nitrogens with zero attached hydrogens (tertiary/aromatic N) is 5. The highest BCUT2D eigenvalue weighted by Crippen LogP contribution is 2.26. The lowest BCUT2D eigenvalue weighted by Gasteiger charge is -2.24. The van der Waals surface area contributed by atoms with Crippen LogP contribution in [-0.4, -0.2) is 56.3 Å². The van der Waals surface area contributed by atoms with Gasteiger partial charge in [0.2, 0.25) is 11.1 Å². The van der Waals surface area contributed by atoms with Crippen LogP contribution in [0.4, 0.5) is 11.5 Å². The predicted octanol–water partition coefficient (Wildman–Crippen LogP) is 0.580. The number of aromatic amines is 1. The molecule has 3 aromatic rings. The summed E-state index contributed by atoms with van der Waals surface area (Å²) in [4.78, 5) is 42.4. The first kappa shape index (κ1) is 24.5. The molecule has 3 rings (SSSR count). The number of rotatable bonds is 10. The fourth-order valence-electron chi connectivity index (χ4n) is 3.08. The van der Waals surface area contributed by atoms with E-state index in [0.717, 1.165) is 16.6 Å². The molecule has 12 nitrogen and oxygen atoms in total. The zero-order valence-corrected chi connectivity index (χ0v) is 20.1. The number of amides is 1. The third kappa shape index (κ3) is 5.46. The standard InChI is InChI=1S/C19H26N8O4S2/c1-11(2)9-26-15(20)14(17(29)22-18(26)30)25(6-7-31-3)13(28)10-33-19-24-23-16(27(19)21)12-5-4-8-32-12/h4-5,8,11H,6-7,9-10,20-21H2,1-3H3,(H,22,29,30). The quantitative estimate of drug-likeness (QED) is 0.270. The molecule has 0 aliphatic heterocycles. The fraction of sp³-hybridized carbons (Fsp3) is 0.421. The van der Waals surface area contributed by atoms with Crippen molar-refractivity contribution in [2.45, 2.75) is 25.5 Å². The molecule has 0 fully saturated rings. The molecule has 0 bridgehead atoms. The highest BCUT2D eigenvalue weighted by molar-refractivity contribution is 7.99. The Bertz CT molecular complexity index is 1220. The summed E-state index contributed by atoms with van der Waals surface area (Å²) in [6.07, 6.45) is 0. The molecule has 5 N–H and O–H groups in total. The Labute approximate surface area is 197 Å². The largest absolute Gasteiger partial charge is 0.383 e. The van der Waals surface area contributed by atoms with Gasteiger partial charge in [0.15, 0.2) is 11.5 Å². The molecule has 14 heteroatoms. The van der Waals surface area contributed by atoms with E-state index < -0.39 is 17.2 Å². The number of carbonyl (C=O) groups is 1. The van der Waals surface area contributed by atoms with Crippen LogP contribution < -0.4 is 27.7 Å². The van der Waals surface area contributed by atoms with E-state index in [1.807, 2.05) is 31.4 Å². The minimum absolute atomic E-state index is 0.0683. The zero-order valence-electron chi connectivity index (χ0n) is 18.5. The summed E-state index contributed by atoms with van der Waals surface area (Å²) < 4.78 is 7.67. The Morgan fingerprint density at radius 3 is 2.76 bits per heavy atom. The van der Waals surface area contributed by atoms with Gasteiger partial charge in [-0.2, -0.15) is 0 Å². The van der Waals surface area contributed by atoms with Crippen molar-refractivity contribution in [2.75, 3.05) is 42.5 Å². The molecular weight excluding hydrogens is 468 g/mol. The Morgan fingerprint density at radius 1 is 1.36 bits per heavy atom. The second kappa shape index (κ2) is 10.7. The van der Waals surface area contributed by atoms with Crippen LogP contribution in [0.25, 0.3) is 10.7 Å². The van der Waals surface area contributed by atoms with Crippen molar-refractivity contribution in [2.24, 2.45) is 5.92 Å². The van der Waals surface area contributed by atoms with Gasteiger partial charge in [0.05, 0.1) is 17.2 Å². The van der Waals surface area contributed by atoms with Gasteiger partial charge < -0.3 is 21.2 Å². The second-order valence-corrected chi connectivity index (χ2v) is 9.37. The average Bonchev–Trinajstić information content (AvgIpc) is 3.41. The van der Waals surface area contributed by atoms with Crippen molar-refractivity contribution < 1.29 is 9.53 Å². The molecule has 33 heavy (non-hydrogen) atoms. The van der Waals surface area contributed by atoms with Crippen LogP contribution in [0, 0.1) is 5.92 Å². The number of thiophene rings is 1. The number of thioether (sulfide) groups is 1. The summed E-state index contributed by atoms with van der Waals surface area (Å²) >= 11 is 2.54. The van der Waals surface area contributed by atoms with Crippen LogP contribution in [0.15, 0.2) is 32.3 Å². The van der Waals surface area contributed by atoms with Crippen molar-refractivity contribution >= 4 is 40.5 Å². The van der Waals surface area contributed by atoms with E-state index in [-0.39, 0.29) is 42.9 Å². The summed E-state index contributed by atoms with van der Waals surface area (Å²) in [5, 5.41) is 10.4. The summed E-state index contributed by atoms with van der Waals surface area (Å²) in [5.41, 5.74) is 4.73. The van der Waals surface area contributed by atoms with Gasteiger partial charge in [-0.1, -0.05) is 31.7 Å². The normalized spacial score (nSPS) is 11.3. The number of carbonyl (C=O) groups excluding carboxylic acids is 1. The first-order chi connectivity index (χ1) is 15.7. The Morgan fingerprint density at radius 2 is 2.12 bits per heavy atom. The first-order valence-corrected chi connectivity index (χ1v) is 11.9. The first-order valence-electron chi connectivity index (χ1n) is 10.0. The van der Waals surface area contributed by atoms with Crippen LogP contribution in [0.2, 0.25) is 0 Å². The van der Waals surface area contributed by atoms with Crippen LogP contribution in [-0.2, 0) is 16.1 Å². The average molecular weight is 495 g/mol. The molecule has 0 aliphatic carbocycles. The highest BCUT2D eigenvalue weighted by Gasteiger charge is 2.25. The Kier molecular flexibility index (Phi) is 7.94. The molecule has 1 amide bonds. The SMILES string of the molecule is COCCN(C(=O)CSc1nnc(-c2cccs2)n1N)c1c(N)n(CC(C)C)c(=O)[nH]c1=O. The van der Waals surface area contributed by atoms with Crippen LogP contribution in [0.1, 0.15) is 13.8 Å². The molecule has 0 saturated carbocycles. The van der Waals surface area contributed by atoms with Crippen molar-refractivity contribution in [3.8, 4) is 10.7 Å². The molecule has 0 aliphatic rings. The lowest BCUT2D eigenvalue weighted by Crippen LogP contribution is -2.43. The number of H-pyrrole nitrogens is 1. The smallest absolute Gasteiger partial charge is 0.330 e. The van der Waals surface area contributed by atoms with Crippen molar-refractivity contribution in [3.05, 3.63) is 38.4 Å². The van der Waals surface area contributed by atoms with Crippen LogP contribution >= 0.6 is 23.1 Å². The monoisotopic (exact) mass is 494 g/mol. The number of nitrogen functional groups attached to an aromatic ring is 2. The number of ether oxygens (including phenoxy) is 1. The van der Waals surface area contributed by atoms with Gasteiger partial charge in [-0.05, 0) is 17.4 Å². The number of nitrogens with two attached hydrogens (primary N) is 2. The number of methoxy groups -OCH3 is 1. The maximum absolute atomic E-state index is 13.2. The van der Waals surface area contributed by atoms with Gasteiger partial charge in [-0.25, -0.2) is 9.47 Å². The van der Waals surface area contributed by atoms with Gasteiger partial charge in [0.25, 0.3) is 5.56 Å². The number of anilines is 2. The van der Waals surface area contributed by atoms with Crippen LogP contribution in [0.3, 0.4) is 0 Å². The maximum atomic E-state index is 13.2. The number of nitrogens with one attached hydrogen (secondary N) is 1. The van der Waals surface area contributed by atoms with E-state index in [1.165, 1.54) is 32.6 Å². The lowest BCUT2D eigenvalue weighted by molar-refractivity contribution is -0.116. The number of hydrogen-bond donors (Lipinski definition) is 3. The topological polar surface area (TPSA) is 167 Å². The number of hydrogen-bond acceptors (Lipinski definition) is 10. The van der Waals surface area contributed by atoms with Gasteiger partial charge in [0, 0.05) is 20.2 Å². The summed E-state index contributed by atoms with van der Waals surface area (Å²) in [7, 11) is 1.48. The summed E-state index contributed by atoms with van der Waals surface area (Å²) in [6.45, 7) is 4.34. The third-order valence-corrected chi connectivity index (χ3v) is 6.38. The lowest BCUT2D eigenvalue weighted by atomic mass is 10.2. The molecular formula is C19H26N8O4S2. The molecule has 0 atom stereocenters. The van der Waals surface area contributed by atoms with Crippen molar-refractivity contribution in [1.29, 1.82) is 0 Å². The highest BCUT2D eigenvalue weighted by atomic mass is 32.2. The second-order valence-electron chi connectivity index (χ2n) is 7.48. The predicted molar refractivity (Wildman–Crippen MR) is 129 cm³/mol. The van der Waals surface area contributed by atoms with Gasteiger partial charge in [-0.15, -0.1) is 21.5 Å². The molecule has 3 heterocycles. The van der Waals surface area contributed by atoms with Gasteiger partial charge >= 0.3 is 5.69 Å². The number of aromatic nitrogens is 5. The zero-order chi connectivity index (χ0) is 24.1. The summed E-state index contributed by atoms with van der Waals surface area (Å²) in [5.74, 6) is 6.08. The van der Waals surface area contributed by atoms with Crippen LogP contribution in [0.5, 0.6) is 0 Å². The molecule has 0 radical (unpaired) electrons. The van der Waals surface area contributed by atoms with E-state index in [9.17, 15) is 14.4 Å². The molecule has 3 aromatic heterocycles. The summed E-state index contributed by atoms with van der Waals surface area (Å²) in [6, 6.07) is 3.74. The molecule has 0 saturated heterocycles. The minimum Gasteiger partial charge on any atom is -0.383 e. The Balaban J connectivity index is 1.87. The van der Waals surface area contributed by atoms with E-state index in [1.54, 1.807) is 0 Å². The van der Waals surface area contributed by atoms with E-state index in [4.69, 9.17) is 16.3 Å². The van der Waals surface area contributed by atoms with E-state index in [0.29, 0.717) is 11.0 Å². The molecule has 0 unspecified atom stereocenters. The third-order valence-electron chi connectivity index (χ3n) is 4.58. The molecule has 0 spiro atoms. The fourth-order valence-corrected chi connectivity index (χ4v) is 4.52. The molecule has 0 aromatic carbocycles. The Hall–Kier alpha value is -3.10. The van der Waals surface area contributed by atoms with E-state index >= 15 is 0 Å². The van der Waals surface area contributed by atoms with Gasteiger partial charge in [0.1, 0.15) is 5.82 Å². The maximum Gasteiger partial charge on any atom is 0.330 e. The molecule has 178 valence electrons. The minimum atomic E-state index is -0.742. The van der Waals surface area contributed by atoms with E-state index in [2.05, 4.69) is 15.2 Å².